The van der Waals surface area contributed by atoms with Gasteiger partial charge in [0.05, 0.1) is 15.6 Å². The van der Waals surface area contributed by atoms with Crippen molar-refractivity contribution >= 4 is 80.9 Å². The Morgan fingerprint density at radius 3 is 2.54 bits per heavy atom. The van der Waals surface area contributed by atoms with Crippen LogP contribution in [0.25, 0.3) is 40.0 Å². The number of rotatable bonds is 5. The fraction of sp³-hybridized carbons (Fsp3) is 0. The zero-order valence-electron chi connectivity index (χ0n) is 18.8. The Hall–Kier alpha value is -3.62. The van der Waals surface area contributed by atoms with Crippen LogP contribution >= 0.6 is 47.0 Å². The van der Waals surface area contributed by atoms with E-state index in [4.69, 9.17) is 55.9 Å². The van der Waals surface area contributed by atoms with Crippen LogP contribution in [0.4, 0.5) is 5.69 Å². The van der Waals surface area contributed by atoms with Gasteiger partial charge in [0.1, 0.15) is 17.0 Å². The van der Waals surface area contributed by atoms with Crippen molar-refractivity contribution in [1.82, 2.24) is 10.3 Å². The number of fused-ring (bicyclic) bond motifs is 1. The molecular formula is C27H16Cl3N3O3S. The van der Waals surface area contributed by atoms with Crippen molar-refractivity contribution in [2.24, 2.45) is 0 Å². The number of benzene rings is 3. The van der Waals surface area contributed by atoms with Crippen LogP contribution < -0.4 is 10.6 Å². The maximum absolute atomic E-state index is 12.3. The lowest BCUT2D eigenvalue weighted by molar-refractivity contribution is -0.115. The number of oxazole rings is 1. The Kier molecular flexibility index (Phi) is 7.30. The standard InChI is InChI=1S/C27H16Cl3N3O3S/c28-15-5-9-18(21(30)13-15)23-11-7-17(35-23)8-12-25(34)33-27(37)31-16-6-10-24-22(14-16)32-26(36-24)19-3-1-2-4-20(19)29/h1-14H,(H2,31,33,34,37)/b12-8+. The van der Waals surface area contributed by atoms with Gasteiger partial charge in [-0.2, -0.15) is 0 Å². The first-order chi connectivity index (χ1) is 17.9. The Labute approximate surface area is 231 Å². The number of nitrogens with one attached hydrogen (secondary N) is 2. The summed E-state index contributed by atoms with van der Waals surface area (Å²) in [6, 6.07) is 21.2. The lowest BCUT2D eigenvalue weighted by atomic mass is 10.2. The largest absolute Gasteiger partial charge is 0.457 e. The van der Waals surface area contributed by atoms with Gasteiger partial charge in [-0.3, -0.25) is 10.1 Å². The third-order valence-electron chi connectivity index (χ3n) is 5.21. The van der Waals surface area contributed by atoms with E-state index in [9.17, 15) is 4.79 Å². The van der Waals surface area contributed by atoms with Gasteiger partial charge in [-0.15, -0.1) is 0 Å². The van der Waals surface area contributed by atoms with Crippen molar-refractivity contribution in [2.45, 2.75) is 0 Å². The molecule has 0 aliphatic rings. The third-order valence-corrected chi connectivity index (χ3v) is 6.29. The molecule has 2 aromatic heterocycles. The van der Waals surface area contributed by atoms with E-state index < -0.39 is 5.91 Å². The van der Waals surface area contributed by atoms with Gasteiger partial charge in [-0.25, -0.2) is 4.98 Å². The number of carbonyl (C=O) groups is 1. The monoisotopic (exact) mass is 567 g/mol. The number of hydrogen-bond acceptors (Lipinski definition) is 5. The quantitative estimate of drug-likeness (QED) is 0.164. The minimum Gasteiger partial charge on any atom is -0.457 e. The minimum atomic E-state index is -0.427. The molecule has 0 fully saturated rings. The van der Waals surface area contributed by atoms with Crippen molar-refractivity contribution in [3.63, 3.8) is 0 Å². The maximum atomic E-state index is 12.3. The second-order valence-corrected chi connectivity index (χ2v) is 9.44. The van der Waals surface area contributed by atoms with Crippen molar-refractivity contribution < 1.29 is 13.6 Å². The van der Waals surface area contributed by atoms with Crippen LogP contribution in [0.1, 0.15) is 5.76 Å². The number of furan rings is 1. The average Bonchev–Trinajstić information content (AvgIpc) is 3.50. The van der Waals surface area contributed by atoms with E-state index in [0.29, 0.717) is 60.4 Å². The number of aromatic nitrogens is 1. The van der Waals surface area contributed by atoms with Crippen molar-refractivity contribution in [3.8, 4) is 22.8 Å². The first kappa shape index (κ1) is 25.0. The van der Waals surface area contributed by atoms with Gasteiger partial charge in [0.2, 0.25) is 11.8 Å². The van der Waals surface area contributed by atoms with Gasteiger partial charge in [-0.1, -0.05) is 46.9 Å². The van der Waals surface area contributed by atoms with Crippen LogP contribution in [0, 0.1) is 0 Å². The topological polar surface area (TPSA) is 80.3 Å². The summed E-state index contributed by atoms with van der Waals surface area (Å²) in [5.41, 5.74) is 3.24. The molecular weight excluding hydrogens is 553 g/mol. The number of amides is 1. The number of halogens is 3. The molecule has 5 rings (SSSR count). The molecule has 0 saturated heterocycles. The molecule has 1 amide bonds. The number of anilines is 1. The molecule has 0 unspecified atom stereocenters. The first-order valence-electron chi connectivity index (χ1n) is 10.9. The molecule has 0 saturated carbocycles. The van der Waals surface area contributed by atoms with E-state index in [1.165, 1.54) is 12.2 Å². The van der Waals surface area contributed by atoms with E-state index in [0.717, 1.165) is 0 Å². The second kappa shape index (κ2) is 10.8. The summed E-state index contributed by atoms with van der Waals surface area (Å²) >= 11 is 23.7. The molecule has 10 heteroatoms. The Morgan fingerprint density at radius 1 is 0.892 bits per heavy atom. The first-order valence-corrected chi connectivity index (χ1v) is 12.4. The SMILES string of the molecule is O=C(/C=C/c1ccc(-c2ccc(Cl)cc2Cl)o1)NC(=S)Nc1ccc2oc(-c3ccccc3Cl)nc2c1. The second-order valence-electron chi connectivity index (χ2n) is 7.78. The van der Waals surface area contributed by atoms with Crippen molar-refractivity contribution in [2.75, 3.05) is 5.32 Å². The van der Waals surface area contributed by atoms with Crippen LogP contribution in [0.15, 0.2) is 87.7 Å². The summed E-state index contributed by atoms with van der Waals surface area (Å²) in [4.78, 5) is 16.9. The summed E-state index contributed by atoms with van der Waals surface area (Å²) in [7, 11) is 0. The summed E-state index contributed by atoms with van der Waals surface area (Å²) in [5, 5.41) is 7.23. The van der Waals surface area contributed by atoms with Gasteiger partial charge in [0.25, 0.3) is 0 Å². The van der Waals surface area contributed by atoms with Crippen LogP contribution in [0.2, 0.25) is 15.1 Å². The van der Waals surface area contributed by atoms with Gasteiger partial charge < -0.3 is 14.2 Å². The molecule has 0 bridgehead atoms. The van der Waals surface area contributed by atoms with Crippen molar-refractivity contribution in [1.29, 1.82) is 0 Å². The predicted molar refractivity (Wildman–Crippen MR) is 152 cm³/mol. The normalized spacial score (nSPS) is 11.2. The molecule has 0 atom stereocenters. The molecule has 0 radical (unpaired) electrons. The lowest BCUT2D eigenvalue weighted by Gasteiger charge is -2.07. The Balaban J connectivity index is 1.21. The zero-order chi connectivity index (χ0) is 25.9. The minimum absolute atomic E-state index is 0.122. The van der Waals surface area contributed by atoms with Crippen molar-refractivity contribution in [3.05, 3.63) is 99.7 Å². The van der Waals surface area contributed by atoms with Gasteiger partial charge in [0.15, 0.2) is 10.7 Å². The number of carbonyl (C=O) groups excluding carboxylic acids is 1. The molecule has 5 aromatic rings. The molecule has 2 N–H and O–H groups in total. The highest BCUT2D eigenvalue weighted by Crippen LogP contribution is 2.32. The van der Waals surface area contributed by atoms with E-state index in [2.05, 4.69) is 15.6 Å². The Bertz CT molecular complexity index is 1680. The van der Waals surface area contributed by atoms with E-state index in [-0.39, 0.29) is 5.11 Å². The molecule has 6 nitrogen and oxygen atoms in total. The lowest BCUT2D eigenvalue weighted by Crippen LogP contribution is -2.32. The summed E-state index contributed by atoms with van der Waals surface area (Å²) < 4.78 is 11.6. The molecule has 3 aromatic carbocycles. The van der Waals surface area contributed by atoms with Crippen LogP contribution in [0.5, 0.6) is 0 Å². The fourth-order valence-corrected chi connectivity index (χ4v) is 4.44. The average molecular weight is 569 g/mol. The Morgan fingerprint density at radius 2 is 1.73 bits per heavy atom. The highest BCUT2D eigenvalue weighted by molar-refractivity contribution is 7.80. The number of thiocarbonyl (C=S) groups is 1. The van der Waals surface area contributed by atoms with E-state index >= 15 is 0 Å². The molecule has 2 heterocycles. The van der Waals surface area contributed by atoms with Crippen LogP contribution in [0.3, 0.4) is 0 Å². The highest BCUT2D eigenvalue weighted by Gasteiger charge is 2.12. The molecule has 184 valence electrons. The molecule has 0 aliphatic carbocycles. The van der Waals surface area contributed by atoms with Crippen LogP contribution in [-0.2, 0) is 4.79 Å². The molecule has 0 aliphatic heterocycles. The fourth-order valence-electron chi connectivity index (χ4n) is 3.51. The van der Waals surface area contributed by atoms with E-state index in [1.54, 1.807) is 54.6 Å². The highest BCUT2D eigenvalue weighted by atomic mass is 35.5. The summed E-state index contributed by atoms with van der Waals surface area (Å²) in [6.45, 7) is 0. The molecule has 0 spiro atoms. The predicted octanol–water partition coefficient (Wildman–Crippen LogP) is 8.24. The molecule has 37 heavy (non-hydrogen) atoms. The number of nitrogens with zero attached hydrogens (tertiary/aromatic N) is 1. The summed E-state index contributed by atoms with van der Waals surface area (Å²) in [6.07, 6.45) is 2.85. The third kappa shape index (κ3) is 5.87. The maximum Gasteiger partial charge on any atom is 0.250 e. The van der Waals surface area contributed by atoms with Crippen LogP contribution in [-0.4, -0.2) is 16.0 Å². The van der Waals surface area contributed by atoms with Gasteiger partial charge in [0, 0.05) is 22.3 Å². The zero-order valence-corrected chi connectivity index (χ0v) is 21.9. The van der Waals surface area contributed by atoms with E-state index in [1.807, 2.05) is 18.2 Å². The smallest absolute Gasteiger partial charge is 0.250 e. The van der Waals surface area contributed by atoms with Gasteiger partial charge >= 0.3 is 0 Å². The summed E-state index contributed by atoms with van der Waals surface area (Å²) in [5.74, 6) is 1.02. The number of hydrogen-bond donors (Lipinski definition) is 2. The van der Waals surface area contributed by atoms with Gasteiger partial charge in [-0.05, 0) is 79.0 Å².